The Morgan fingerprint density at radius 1 is 0.471 bits per heavy atom. The van der Waals surface area contributed by atoms with Gasteiger partial charge in [-0.2, -0.15) is 0 Å². The van der Waals surface area contributed by atoms with E-state index in [0.717, 1.165) is 13.8 Å². The SMILES string of the molecule is CC(=O)N[C@@H]1[C@@H](O[C@@H]2O[C@H](CO)[C@H](O)[C@H](O[C@@H]3O[C@H](CO)[C@@H](O[C@@H]4O[C@H](CO)[C@H](O)[C@H](O)[C@H]4O)[C@H](O)[C@H]3NC(C)=O)[C@H]2O)[C@H](O)[C@@H](CO)O[C@@H]1O. The summed E-state index contributed by atoms with van der Waals surface area (Å²) in [7, 11) is 0. The second kappa shape index (κ2) is 18.0. The van der Waals surface area contributed by atoms with Crippen LogP contribution < -0.4 is 10.6 Å². The van der Waals surface area contributed by atoms with Crippen LogP contribution in [-0.2, 0) is 42.7 Å². The van der Waals surface area contributed by atoms with Crippen LogP contribution in [0.2, 0.25) is 0 Å². The van der Waals surface area contributed by atoms with Crippen molar-refractivity contribution in [3.8, 4) is 0 Å². The molecule has 0 saturated carbocycles. The average Bonchev–Trinajstić information content (AvgIpc) is 3.09. The zero-order valence-corrected chi connectivity index (χ0v) is 27.4. The summed E-state index contributed by atoms with van der Waals surface area (Å²) in [4.78, 5) is 24.1. The summed E-state index contributed by atoms with van der Waals surface area (Å²) in [6.07, 6.45) is -31.5. The Balaban J connectivity index is 1.58. The number of ether oxygens (including phenoxy) is 7. The molecule has 4 saturated heterocycles. The molecule has 0 radical (unpaired) electrons. The Morgan fingerprint density at radius 2 is 0.902 bits per heavy atom. The zero-order valence-electron chi connectivity index (χ0n) is 27.4. The van der Waals surface area contributed by atoms with Crippen LogP contribution in [0.4, 0.5) is 0 Å². The van der Waals surface area contributed by atoms with Gasteiger partial charge in [0.15, 0.2) is 25.2 Å². The molecule has 2 amide bonds. The maximum absolute atomic E-state index is 12.2. The topological polar surface area (TPSA) is 366 Å². The number of carbonyl (C=O) groups excluding carboxylic acids is 2. The van der Waals surface area contributed by atoms with E-state index in [2.05, 4.69) is 10.6 Å². The van der Waals surface area contributed by atoms with Crippen molar-refractivity contribution in [3.05, 3.63) is 0 Å². The van der Waals surface area contributed by atoms with Gasteiger partial charge in [0.05, 0.1) is 26.4 Å². The summed E-state index contributed by atoms with van der Waals surface area (Å²) in [5.74, 6) is -1.45. The maximum atomic E-state index is 12.2. The average molecular weight is 749 g/mol. The van der Waals surface area contributed by atoms with E-state index in [4.69, 9.17) is 33.2 Å². The van der Waals surface area contributed by atoms with Gasteiger partial charge >= 0.3 is 0 Å². The Bertz CT molecular complexity index is 1140. The van der Waals surface area contributed by atoms with Gasteiger partial charge < -0.3 is 105 Å². The molecule has 23 heteroatoms. The Morgan fingerprint density at radius 3 is 1.45 bits per heavy atom. The number of hydrogen-bond acceptors (Lipinski definition) is 21. The third-order valence-electron chi connectivity index (χ3n) is 9.01. The predicted octanol–water partition coefficient (Wildman–Crippen LogP) is -9.46. The molecule has 4 rings (SSSR count). The molecule has 14 N–H and O–H groups in total. The smallest absolute Gasteiger partial charge is 0.217 e. The summed E-state index contributed by atoms with van der Waals surface area (Å²) < 4.78 is 39.0. The van der Waals surface area contributed by atoms with E-state index in [1.807, 2.05) is 0 Å². The van der Waals surface area contributed by atoms with Gasteiger partial charge in [0.25, 0.3) is 0 Å². The van der Waals surface area contributed by atoms with Crippen molar-refractivity contribution >= 4 is 11.8 Å². The van der Waals surface area contributed by atoms with Crippen LogP contribution >= 0.6 is 0 Å². The van der Waals surface area contributed by atoms with E-state index in [1.54, 1.807) is 0 Å². The highest BCUT2D eigenvalue weighted by Gasteiger charge is 2.55. The Hall–Kier alpha value is -1.82. The molecule has 0 unspecified atom stereocenters. The lowest BCUT2D eigenvalue weighted by Gasteiger charge is -2.50. The van der Waals surface area contributed by atoms with Crippen molar-refractivity contribution in [1.29, 1.82) is 0 Å². The van der Waals surface area contributed by atoms with E-state index < -0.39 is 161 Å². The highest BCUT2D eigenvalue weighted by atomic mass is 16.8. The number of carbonyl (C=O) groups is 2. The number of rotatable bonds is 12. The van der Waals surface area contributed by atoms with Crippen molar-refractivity contribution in [2.75, 3.05) is 26.4 Å². The molecule has 23 nitrogen and oxygen atoms in total. The van der Waals surface area contributed by atoms with E-state index in [-0.39, 0.29) is 0 Å². The van der Waals surface area contributed by atoms with E-state index in [0.29, 0.717) is 0 Å². The number of hydrogen-bond donors (Lipinski definition) is 14. The van der Waals surface area contributed by atoms with Gasteiger partial charge in [0.1, 0.15) is 97.5 Å². The molecule has 51 heavy (non-hydrogen) atoms. The molecule has 0 aromatic heterocycles. The van der Waals surface area contributed by atoms with Crippen LogP contribution in [-0.4, -0.2) is 222 Å². The van der Waals surface area contributed by atoms with Gasteiger partial charge in [-0.05, 0) is 0 Å². The lowest BCUT2D eigenvalue weighted by molar-refractivity contribution is -0.375. The lowest BCUT2D eigenvalue weighted by atomic mass is 9.94. The highest BCUT2D eigenvalue weighted by Crippen LogP contribution is 2.34. The Labute approximate surface area is 289 Å². The summed E-state index contributed by atoms with van der Waals surface area (Å²) >= 11 is 0. The third kappa shape index (κ3) is 9.11. The fraction of sp³-hybridized carbons (Fsp3) is 0.929. The molecule has 0 spiro atoms. The molecule has 20 atom stereocenters. The van der Waals surface area contributed by atoms with Crippen LogP contribution in [0, 0.1) is 0 Å². The minimum absolute atomic E-state index is 0.690. The standard InChI is InChI=1S/C28H48N2O21/c1-7(35)29-13-18(40)22(49-27-20(42)19(41)15(37)9(3-31)46-27)12(6-34)48-26(13)51-24-17(39)11(5-33)47-28(21(24)43)50-23-14(30-8(2)36)25(44)45-10(4-32)16(23)38/h9-28,31-34,37-44H,3-6H2,1-2H3,(H,29,35)(H,30,36)/t9-,10-,11-,12-,13-,14-,15+,16-,17+,18-,19+,20-,21-,22-,23-,24+,25+,26+,27+,28+/m1/s1. The van der Waals surface area contributed by atoms with Crippen LogP contribution in [0.5, 0.6) is 0 Å². The van der Waals surface area contributed by atoms with Crippen LogP contribution in [0.15, 0.2) is 0 Å². The van der Waals surface area contributed by atoms with Gasteiger partial charge in [-0.25, -0.2) is 0 Å². The third-order valence-corrected chi connectivity index (χ3v) is 9.01. The molecule has 4 aliphatic rings. The highest BCUT2D eigenvalue weighted by molar-refractivity contribution is 5.73. The molecular weight excluding hydrogens is 700 g/mol. The van der Waals surface area contributed by atoms with E-state index >= 15 is 0 Å². The maximum Gasteiger partial charge on any atom is 0.217 e. The molecule has 296 valence electrons. The summed E-state index contributed by atoms with van der Waals surface area (Å²) in [5.41, 5.74) is 0. The minimum Gasteiger partial charge on any atom is -0.394 e. The van der Waals surface area contributed by atoms with Crippen LogP contribution in [0.1, 0.15) is 13.8 Å². The Kier molecular flexibility index (Phi) is 14.8. The monoisotopic (exact) mass is 748 g/mol. The van der Waals surface area contributed by atoms with Crippen molar-refractivity contribution < 1.29 is 104 Å². The minimum atomic E-state index is -2.05. The second-order valence-corrected chi connectivity index (χ2v) is 12.6. The quantitative estimate of drug-likeness (QED) is 0.0881. The van der Waals surface area contributed by atoms with Crippen LogP contribution in [0.25, 0.3) is 0 Å². The van der Waals surface area contributed by atoms with Gasteiger partial charge in [-0.3, -0.25) is 9.59 Å². The fourth-order valence-electron chi connectivity index (χ4n) is 6.35. The van der Waals surface area contributed by atoms with Crippen LogP contribution in [0.3, 0.4) is 0 Å². The summed E-state index contributed by atoms with van der Waals surface area (Å²) in [6.45, 7) is -1.29. The largest absolute Gasteiger partial charge is 0.394 e. The van der Waals surface area contributed by atoms with E-state index in [9.17, 15) is 70.9 Å². The first-order chi connectivity index (χ1) is 24.1. The second-order valence-electron chi connectivity index (χ2n) is 12.6. The molecule has 0 aromatic carbocycles. The number of aliphatic hydroxyl groups is 12. The first-order valence-corrected chi connectivity index (χ1v) is 16.1. The first-order valence-electron chi connectivity index (χ1n) is 16.1. The van der Waals surface area contributed by atoms with Gasteiger partial charge in [-0.15, -0.1) is 0 Å². The number of amides is 2. The first kappa shape index (κ1) is 41.9. The normalized spacial score (nSPS) is 47.8. The molecule has 0 bridgehead atoms. The molecular formula is C28H48N2O21. The van der Waals surface area contributed by atoms with Crippen molar-refractivity contribution in [2.24, 2.45) is 0 Å². The van der Waals surface area contributed by atoms with E-state index in [1.165, 1.54) is 0 Å². The molecule has 0 aromatic rings. The zero-order chi connectivity index (χ0) is 37.9. The number of aliphatic hydroxyl groups excluding tert-OH is 12. The summed E-state index contributed by atoms with van der Waals surface area (Å²) in [6, 6.07) is -3.11. The predicted molar refractivity (Wildman–Crippen MR) is 157 cm³/mol. The van der Waals surface area contributed by atoms with Gasteiger partial charge in [0, 0.05) is 13.8 Å². The van der Waals surface area contributed by atoms with Crippen molar-refractivity contribution in [2.45, 2.75) is 137 Å². The molecule has 4 fully saturated rings. The number of nitrogens with one attached hydrogen (secondary N) is 2. The van der Waals surface area contributed by atoms with Gasteiger partial charge in [-0.1, -0.05) is 0 Å². The lowest BCUT2D eigenvalue weighted by Crippen LogP contribution is -2.70. The van der Waals surface area contributed by atoms with Crippen molar-refractivity contribution in [1.82, 2.24) is 10.6 Å². The van der Waals surface area contributed by atoms with Crippen molar-refractivity contribution in [3.63, 3.8) is 0 Å². The molecule has 0 aliphatic carbocycles. The fourth-order valence-corrected chi connectivity index (χ4v) is 6.35. The molecule has 4 heterocycles. The summed E-state index contributed by atoms with van der Waals surface area (Å²) in [5, 5.41) is 130. The van der Waals surface area contributed by atoms with Gasteiger partial charge in [0.2, 0.25) is 11.8 Å². The molecule has 4 aliphatic heterocycles.